The second kappa shape index (κ2) is 7.77. The van der Waals surface area contributed by atoms with Gasteiger partial charge in [-0.3, -0.25) is 9.89 Å². The third-order valence-electron chi connectivity index (χ3n) is 4.96. The fourth-order valence-corrected chi connectivity index (χ4v) is 3.94. The van der Waals surface area contributed by atoms with E-state index in [-0.39, 0.29) is 17.7 Å². The molecule has 0 radical (unpaired) electrons. The van der Waals surface area contributed by atoms with Crippen LogP contribution in [0.25, 0.3) is 11.3 Å². The molecule has 0 bridgehead atoms. The van der Waals surface area contributed by atoms with Gasteiger partial charge in [-0.2, -0.15) is 5.10 Å². The zero-order valence-electron chi connectivity index (χ0n) is 15.4. The number of ether oxygens (including phenoxy) is 1. The highest BCUT2D eigenvalue weighted by molar-refractivity contribution is 9.10. The Bertz CT molecular complexity index is 1000. The average Bonchev–Trinajstić information content (AvgIpc) is 3.23. The average molecular weight is 442 g/mol. The van der Waals surface area contributed by atoms with Crippen molar-refractivity contribution in [3.8, 4) is 17.0 Å². The van der Waals surface area contributed by atoms with Gasteiger partial charge < -0.3 is 14.7 Å². The molecule has 2 heterocycles. The van der Waals surface area contributed by atoms with E-state index < -0.39 is 0 Å². The fraction of sp³-hybridized carbons (Fsp3) is 0.238. The van der Waals surface area contributed by atoms with Gasteiger partial charge in [-0.05, 0) is 36.2 Å². The van der Waals surface area contributed by atoms with Gasteiger partial charge in [0.05, 0.1) is 6.04 Å². The summed E-state index contributed by atoms with van der Waals surface area (Å²) in [5.41, 5.74) is 3.47. The van der Waals surface area contributed by atoms with E-state index in [4.69, 9.17) is 4.74 Å². The summed E-state index contributed by atoms with van der Waals surface area (Å²) in [5.74, 6) is 0.0461. The molecule has 1 amide bonds. The van der Waals surface area contributed by atoms with Crippen molar-refractivity contribution in [3.63, 3.8) is 0 Å². The standard InChI is InChI=1S/C21H20BrN3O3/c1-28-12-4-11-25-20(13-7-9-14(22)10-8-13)17-18(23-24-19(17)21(25)27)15-5-2-3-6-16(15)26/h2-3,5-10,20,26H,4,11-12H2,1H3,(H,23,24)/t20-/m0/s1. The summed E-state index contributed by atoms with van der Waals surface area (Å²) in [6, 6.07) is 14.7. The van der Waals surface area contributed by atoms with E-state index in [1.807, 2.05) is 41.3 Å². The summed E-state index contributed by atoms with van der Waals surface area (Å²) < 4.78 is 6.14. The van der Waals surface area contributed by atoms with Crippen molar-refractivity contribution in [1.29, 1.82) is 0 Å². The predicted molar refractivity (Wildman–Crippen MR) is 109 cm³/mol. The van der Waals surface area contributed by atoms with Crippen molar-refractivity contribution in [1.82, 2.24) is 15.1 Å². The lowest BCUT2D eigenvalue weighted by Crippen LogP contribution is -2.31. The van der Waals surface area contributed by atoms with Crippen molar-refractivity contribution < 1.29 is 14.6 Å². The van der Waals surface area contributed by atoms with Crippen molar-refractivity contribution in [2.24, 2.45) is 0 Å². The lowest BCUT2D eigenvalue weighted by Gasteiger charge is -2.26. The lowest BCUT2D eigenvalue weighted by molar-refractivity contribution is 0.0723. The van der Waals surface area contributed by atoms with Crippen molar-refractivity contribution in [2.75, 3.05) is 20.3 Å². The highest BCUT2D eigenvalue weighted by Gasteiger charge is 2.42. The Labute approximate surface area is 171 Å². The lowest BCUT2D eigenvalue weighted by atomic mass is 9.96. The summed E-state index contributed by atoms with van der Waals surface area (Å²) in [4.78, 5) is 15.0. The molecule has 1 aliphatic rings. The molecule has 0 fully saturated rings. The summed E-state index contributed by atoms with van der Waals surface area (Å²) in [7, 11) is 1.65. The number of benzene rings is 2. The first-order valence-corrected chi connectivity index (χ1v) is 9.83. The van der Waals surface area contributed by atoms with E-state index in [0.29, 0.717) is 30.1 Å². The van der Waals surface area contributed by atoms with E-state index in [2.05, 4.69) is 26.1 Å². The number of phenolic OH excluding ortho intramolecular Hbond substituents is 1. The van der Waals surface area contributed by atoms with Gasteiger partial charge >= 0.3 is 0 Å². The Hall–Kier alpha value is -2.64. The molecule has 1 aliphatic heterocycles. The number of carbonyl (C=O) groups is 1. The maximum absolute atomic E-state index is 13.1. The predicted octanol–water partition coefficient (Wildman–Crippen LogP) is 4.13. The molecule has 28 heavy (non-hydrogen) atoms. The van der Waals surface area contributed by atoms with E-state index in [1.165, 1.54) is 0 Å². The van der Waals surface area contributed by atoms with E-state index in [9.17, 15) is 9.90 Å². The SMILES string of the molecule is COCCCN1C(=O)c2[nH]nc(-c3ccccc3O)c2[C@@H]1c1ccc(Br)cc1. The van der Waals surface area contributed by atoms with Crippen LogP contribution in [-0.4, -0.2) is 46.4 Å². The van der Waals surface area contributed by atoms with Crippen molar-refractivity contribution in [3.05, 3.63) is 69.8 Å². The molecule has 144 valence electrons. The number of phenols is 1. The first-order valence-electron chi connectivity index (χ1n) is 9.03. The second-order valence-corrected chi connectivity index (χ2v) is 7.59. The molecule has 1 aromatic heterocycles. The monoisotopic (exact) mass is 441 g/mol. The van der Waals surface area contributed by atoms with Gasteiger partial charge in [0, 0.05) is 35.9 Å². The zero-order chi connectivity index (χ0) is 19.7. The number of fused-ring (bicyclic) bond motifs is 1. The van der Waals surface area contributed by atoms with Crippen LogP contribution in [0.2, 0.25) is 0 Å². The number of para-hydroxylation sites is 1. The number of methoxy groups -OCH3 is 1. The Balaban J connectivity index is 1.83. The van der Waals surface area contributed by atoms with Gasteiger partial charge in [-0.1, -0.05) is 40.2 Å². The molecular formula is C21H20BrN3O3. The van der Waals surface area contributed by atoms with Gasteiger partial charge in [-0.25, -0.2) is 0 Å². The maximum atomic E-state index is 13.1. The summed E-state index contributed by atoms with van der Waals surface area (Å²) in [6.07, 6.45) is 0.735. The number of nitrogens with zero attached hydrogens (tertiary/aromatic N) is 2. The molecule has 2 aromatic carbocycles. The number of carbonyl (C=O) groups excluding carboxylic acids is 1. The van der Waals surface area contributed by atoms with Gasteiger partial charge in [0.25, 0.3) is 5.91 Å². The quantitative estimate of drug-likeness (QED) is 0.563. The van der Waals surface area contributed by atoms with Gasteiger partial charge in [0.15, 0.2) is 0 Å². The molecule has 6 nitrogen and oxygen atoms in total. The third kappa shape index (κ3) is 3.21. The van der Waals surface area contributed by atoms with Crippen LogP contribution >= 0.6 is 15.9 Å². The normalized spacial score (nSPS) is 15.9. The summed E-state index contributed by atoms with van der Waals surface area (Å²) in [6.45, 7) is 1.14. The Morgan fingerprint density at radius 3 is 2.68 bits per heavy atom. The topological polar surface area (TPSA) is 78.5 Å². The van der Waals surface area contributed by atoms with Crippen LogP contribution in [-0.2, 0) is 4.74 Å². The van der Waals surface area contributed by atoms with E-state index in [0.717, 1.165) is 22.0 Å². The molecule has 4 rings (SSSR count). The molecule has 0 unspecified atom stereocenters. The molecule has 7 heteroatoms. The number of aromatic amines is 1. The molecule has 3 aromatic rings. The van der Waals surface area contributed by atoms with Crippen LogP contribution < -0.4 is 0 Å². The molecule has 0 saturated heterocycles. The number of aromatic hydroxyl groups is 1. The van der Waals surface area contributed by atoms with Crippen LogP contribution in [0.3, 0.4) is 0 Å². The first kappa shape index (κ1) is 18.7. The van der Waals surface area contributed by atoms with Gasteiger partial charge in [0.2, 0.25) is 0 Å². The van der Waals surface area contributed by atoms with Crippen LogP contribution in [0.15, 0.2) is 53.0 Å². The number of rotatable bonds is 6. The largest absolute Gasteiger partial charge is 0.507 e. The van der Waals surface area contributed by atoms with Crippen LogP contribution in [0.4, 0.5) is 0 Å². The van der Waals surface area contributed by atoms with E-state index >= 15 is 0 Å². The number of hydrogen-bond donors (Lipinski definition) is 2. The van der Waals surface area contributed by atoms with Crippen molar-refractivity contribution >= 4 is 21.8 Å². The maximum Gasteiger partial charge on any atom is 0.273 e. The van der Waals surface area contributed by atoms with Crippen molar-refractivity contribution in [2.45, 2.75) is 12.5 Å². The fourth-order valence-electron chi connectivity index (χ4n) is 3.68. The number of H-pyrrole nitrogens is 1. The highest BCUT2D eigenvalue weighted by atomic mass is 79.9. The molecule has 1 atom stereocenters. The van der Waals surface area contributed by atoms with Crippen LogP contribution in [0, 0.1) is 0 Å². The molecule has 0 spiro atoms. The van der Waals surface area contributed by atoms with E-state index in [1.54, 1.807) is 19.2 Å². The number of hydrogen-bond acceptors (Lipinski definition) is 4. The number of amides is 1. The minimum absolute atomic E-state index is 0.0896. The molecule has 0 saturated carbocycles. The molecular weight excluding hydrogens is 422 g/mol. The van der Waals surface area contributed by atoms with Crippen LogP contribution in [0.5, 0.6) is 5.75 Å². The number of nitrogens with one attached hydrogen (secondary N) is 1. The minimum atomic E-state index is -0.277. The third-order valence-corrected chi connectivity index (χ3v) is 5.48. The first-order chi connectivity index (χ1) is 13.6. The van der Waals surface area contributed by atoms with Gasteiger partial charge in [-0.15, -0.1) is 0 Å². The van der Waals surface area contributed by atoms with Gasteiger partial charge in [0.1, 0.15) is 17.1 Å². The second-order valence-electron chi connectivity index (χ2n) is 6.68. The smallest absolute Gasteiger partial charge is 0.273 e. The molecule has 0 aliphatic carbocycles. The zero-order valence-corrected chi connectivity index (χ0v) is 16.9. The van der Waals surface area contributed by atoms with Crippen LogP contribution in [0.1, 0.15) is 34.1 Å². The number of aromatic nitrogens is 2. The minimum Gasteiger partial charge on any atom is -0.507 e. The summed E-state index contributed by atoms with van der Waals surface area (Å²) >= 11 is 3.47. The Morgan fingerprint density at radius 2 is 1.96 bits per heavy atom. The highest BCUT2D eigenvalue weighted by Crippen LogP contribution is 2.44. The number of halogens is 1. The Morgan fingerprint density at radius 1 is 1.21 bits per heavy atom. The Kier molecular flexibility index (Phi) is 5.19. The molecule has 2 N–H and O–H groups in total. The summed E-state index contributed by atoms with van der Waals surface area (Å²) in [5, 5.41) is 17.6.